The predicted molar refractivity (Wildman–Crippen MR) is 81.1 cm³/mol. The van der Waals surface area contributed by atoms with Gasteiger partial charge in [0.1, 0.15) is 4.88 Å². The molecule has 1 aromatic heterocycles. The summed E-state index contributed by atoms with van der Waals surface area (Å²) < 4.78 is 0.793. The first-order chi connectivity index (χ1) is 9.06. The Hall–Kier alpha value is -1.21. The molecule has 0 saturated carbocycles. The van der Waals surface area contributed by atoms with E-state index in [4.69, 9.17) is 5.73 Å². The molecule has 1 heterocycles. The molecule has 0 aliphatic heterocycles. The molecule has 0 fully saturated rings. The van der Waals surface area contributed by atoms with E-state index < -0.39 is 0 Å². The summed E-state index contributed by atoms with van der Waals surface area (Å²) in [6.07, 6.45) is 0.857. The molecule has 0 aliphatic carbocycles. The van der Waals surface area contributed by atoms with Crippen LogP contribution < -0.4 is 16.4 Å². The zero-order chi connectivity index (χ0) is 14.4. The van der Waals surface area contributed by atoms with E-state index in [1.807, 2.05) is 13.8 Å². The molecule has 19 heavy (non-hydrogen) atoms. The van der Waals surface area contributed by atoms with E-state index in [0.717, 1.165) is 16.4 Å². The molecule has 0 aromatic carbocycles. The van der Waals surface area contributed by atoms with Crippen molar-refractivity contribution in [3.8, 4) is 0 Å². The van der Waals surface area contributed by atoms with E-state index in [-0.39, 0.29) is 17.5 Å². The summed E-state index contributed by atoms with van der Waals surface area (Å²) in [7, 11) is 1.55. The van der Waals surface area contributed by atoms with Crippen LogP contribution in [0.15, 0.2) is 4.21 Å². The van der Waals surface area contributed by atoms with Crippen molar-refractivity contribution < 1.29 is 9.59 Å². The highest BCUT2D eigenvalue weighted by molar-refractivity contribution is 8.01. The van der Waals surface area contributed by atoms with Crippen LogP contribution in [0.5, 0.6) is 0 Å². The molecule has 0 atom stereocenters. The van der Waals surface area contributed by atoms with Crippen molar-refractivity contribution in [2.75, 3.05) is 25.1 Å². The summed E-state index contributed by atoms with van der Waals surface area (Å²) in [5, 5.41) is 5.34. The summed E-state index contributed by atoms with van der Waals surface area (Å²) in [5.41, 5.74) is 6.65. The number of amides is 2. The number of carbonyl (C=O) groups excluding carboxylic acids is 2. The third-order valence-electron chi connectivity index (χ3n) is 2.38. The maximum atomic E-state index is 12.0. The lowest BCUT2D eigenvalue weighted by Crippen LogP contribution is -2.24. The molecule has 1 aromatic rings. The standard InChI is InChI=1S/C12H19N3O2S2/c1-4-6-15-11(17)9-8(13)7(10(16)14-3)12(19-9)18-5-2/h4-6,13H2,1-3H3,(H,14,16)(H,15,17). The molecule has 0 radical (unpaired) electrons. The van der Waals surface area contributed by atoms with E-state index in [1.54, 1.807) is 7.05 Å². The van der Waals surface area contributed by atoms with Crippen LogP contribution in [0.25, 0.3) is 0 Å². The van der Waals surface area contributed by atoms with Crippen molar-refractivity contribution in [1.82, 2.24) is 10.6 Å². The first-order valence-electron chi connectivity index (χ1n) is 6.12. The van der Waals surface area contributed by atoms with Gasteiger partial charge in [0.05, 0.1) is 15.5 Å². The van der Waals surface area contributed by atoms with E-state index in [9.17, 15) is 9.59 Å². The Labute approximate surface area is 121 Å². The quantitative estimate of drug-likeness (QED) is 0.701. The highest BCUT2D eigenvalue weighted by Crippen LogP contribution is 2.38. The predicted octanol–water partition coefficient (Wildman–Crippen LogP) is 1.94. The van der Waals surface area contributed by atoms with Gasteiger partial charge in [-0.15, -0.1) is 23.1 Å². The number of hydrogen-bond donors (Lipinski definition) is 3. The van der Waals surface area contributed by atoms with Crippen molar-refractivity contribution in [3.63, 3.8) is 0 Å². The Morgan fingerprint density at radius 2 is 2.00 bits per heavy atom. The molecule has 5 nitrogen and oxygen atoms in total. The van der Waals surface area contributed by atoms with Crippen LogP contribution in [0.2, 0.25) is 0 Å². The number of rotatable bonds is 6. The fraction of sp³-hybridized carbons (Fsp3) is 0.500. The lowest BCUT2D eigenvalue weighted by atomic mass is 10.2. The maximum Gasteiger partial charge on any atom is 0.263 e. The lowest BCUT2D eigenvalue weighted by Gasteiger charge is -2.03. The third kappa shape index (κ3) is 3.63. The Morgan fingerprint density at radius 1 is 1.32 bits per heavy atom. The van der Waals surface area contributed by atoms with E-state index in [1.165, 1.54) is 23.1 Å². The molecule has 0 bridgehead atoms. The van der Waals surface area contributed by atoms with E-state index in [2.05, 4.69) is 10.6 Å². The minimum atomic E-state index is -0.251. The number of thioether (sulfide) groups is 1. The number of nitrogen functional groups attached to an aromatic ring is 1. The Kier molecular flexibility index (Phi) is 6.17. The molecular formula is C12H19N3O2S2. The molecule has 0 spiro atoms. The highest BCUT2D eigenvalue weighted by atomic mass is 32.2. The maximum absolute atomic E-state index is 12.0. The van der Waals surface area contributed by atoms with Gasteiger partial charge in [-0.25, -0.2) is 0 Å². The smallest absolute Gasteiger partial charge is 0.263 e. The van der Waals surface area contributed by atoms with Gasteiger partial charge in [-0.2, -0.15) is 0 Å². The van der Waals surface area contributed by atoms with Gasteiger partial charge in [-0.3, -0.25) is 9.59 Å². The average Bonchev–Trinajstić information content (AvgIpc) is 2.72. The van der Waals surface area contributed by atoms with Crippen molar-refractivity contribution >= 4 is 40.6 Å². The van der Waals surface area contributed by atoms with Gasteiger partial charge in [0.2, 0.25) is 0 Å². The number of carbonyl (C=O) groups is 2. The van der Waals surface area contributed by atoms with Crippen LogP contribution >= 0.6 is 23.1 Å². The third-order valence-corrected chi connectivity index (χ3v) is 4.74. The van der Waals surface area contributed by atoms with E-state index in [0.29, 0.717) is 17.0 Å². The van der Waals surface area contributed by atoms with Gasteiger partial charge in [0, 0.05) is 13.6 Å². The summed E-state index contributed by atoms with van der Waals surface area (Å²) in [6, 6.07) is 0. The van der Waals surface area contributed by atoms with Crippen LogP contribution in [-0.4, -0.2) is 31.2 Å². The second kappa shape index (κ2) is 7.40. The highest BCUT2D eigenvalue weighted by Gasteiger charge is 2.24. The van der Waals surface area contributed by atoms with Crippen LogP contribution in [-0.2, 0) is 0 Å². The monoisotopic (exact) mass is 301 g/mol. The molecule has 2 amide bonds. The van der Waals surface area contributed by atoms with Crippen LogP contribution in [0.3, 0.4) is 0 Å². The minimum Gasteiger partial charge on any atom is -0.397 e. The molecular weight excluding hydrogens is 282 g/mol. The molecule has 7 heteroatoms. The zero-order valence-electron chi connectivity index (χ0n) is 11.3. The van der Waals surface area contributed by atoms with Gasteiger partial charge in [-0.05, 0) is 12.2 Å². The van der Waals surface area contributed by atoms with Crippen molar-refractivity contribution in [2.24, 2.45) is 0 Å². The van der Waals surface area contributed by atoms with Gasteiger partial charge in [0.15, 0.2) is 0 Å². The Bertz CT molecular complexity index is 472. The molecule has 1 rings (SSSR count). The number of nitrogens with two attached hydrogens (primary N) is 1. The number of anilines is 1. The first-order valence-corrected chi connectivity index (χ1v) is 7.92. The van der Waals surface area contributed by atoms with Crippen LogP contribution in [0.4, 0.5) is 5.69 Å². The number of nitrogens with one attached hydrogen (secondary N) is 2. The molecule has 4 N–H and O–H groups in total. The fourth-order valence-electron chi connectivity index (χ4n) is 1.48. The Balaban J connectivity index is 3.13. The summed E-state index contributed by atoms with van der Waals surface area (Å²) in [5.74, 6) is 0.358. The van der Waals surface area contributed by atoms with Gasteiger partial charge in [-0.1, -0.05) is 13.8 Å². The largest absolute Gasteiger partial charge is 0.397 e. The summed E-state index contributed by atoms with van der Waals surface area (Å²) >= 11 is 2.80. The number of hydrogen-bond acceptors (Lipinski definition) is 5. The Morgan fingerprint density at radius 3 is 2.53 bits per heavy atom. The lowest BCUT2D eigenvalue weighted by molar-refractivity contribution is 0.0956. The fourth-order valence-corrected chi connectivity index (χ4v) is 3.80. The van der Waals surface area contributed by atoms with Crippen molar-refractivity contribution in [1.29, 1.82) is 0 Å². The van der Waals surface area contributed by atoms with Gasteiger partial charge < -0.3 is 16.4 Å². The zero-order valence-corrected chi connectivity index (χ0v) is 13.0. The van der Waals surface area contributed by atoms with Crippen molar-refractivity contribution in [3.05, 3.63) is 10.4 Å². The normalized spacial score (nSPS) is 10.3. The SMILES string of the molecule is CCCNC(=O)c1sc(SCC)c(C(=O)NC)c1N. The van der Waals surface area contributed by atoms with Gasteiger partial charge in [0.25, 0.3) is 11.8 Å². The molecule has 0 unspecified atom stereocenters. The average molecular weight is 301 g/mol. The van der Waals surface area contributed by atoms with Gasteiger partial charge >= 0.3 is 0 Å². The minimum absolute atomic E-state index is 0.211. The first kappa shape index (κ1) is 15.8. The second-order valence-corrected chi connectivity index (χ2v) is 6.33. The van der Waals surface area contributed by atoms with Crippen molar-refractivity contribution in [2.45, 2.75) is 24.5 Å². The molecule has 0 aliphatic rings. The second-order valence-electron chi connectivity index (χ2n) is 3.78. The van der Waals surface area contributed by atoms with Crippen LogP contribution in [0.1, 0.15) is 40.3 Å². The summed E-state index contributed by atoms with van der Waals surface area (Å²) in [4.78, 5) is 24.3. The van der Waals surface area contributed by atoms with E-state index >= 15 is 0 Å². The van der Waals surface area contributed by atoms with Crippen LogP contribution in [0, 0.1) is 0 Å². The topological polar surface area (TPSA) is 84.2 Å². The number of thiophene rings is 1. The molecule has 106 valence electrons. The summed E-state index contributed by atoms with van der Waals surface area (Å²) in [6.45, 7) is 4.57. The molecule has 0 saturated heterocycles.